The van der Waals surface area contributed by atoms with E-state index in [9.17, 15) is 9.90 Å². The minimum Gasteiger partial charge on any atom is -0.392 e. The molecule has 0 heterocycles. The molecule has 1 aliphatic rings. The van der Waals surface area contributed by atoms with Crippen molar-refractivity contribution < 1.29 is 11.3 Å². The summed E-state index contributed by atoms with van der Waals surface area (Å²) in [6, 6.07) is 7.67. The fourth-order valence-electron chi connectivity index (χ4n) is 2.18. The van der Waals surface area contributed by atoms with Crippen molar-refractivity contribution in [1.82, 2.24) is 0 Å². The van der Waals surface area contributed by atoms with Crippen molar-refractivity contribution in [2.75, 3.05) is 0 Å². The van der Waals surface area contributed by atoms with E-state index in [1.54, 1.807) is 13.8 Å². The minimum absolute atomic E-state index is 0.0307. The first-order valence-corrected chi connectivity index (χ1v) is 6.04. The summed E-state index contributed by atoms with van der Waals surface area (Å²) >= 11 is 0. The fourth-order valence-corrected chi connectivity index (χ4v) is 2.18. The van der Waals surface area contributed by atoms with E-state index in [1.165, 1.54) is 0 Å². The summed E-state index contributed by atoms with van der Waals surface area (Å²) in [5, 5.41) is 10.1. The van der Waals surface area contributed by atoms with Crippen molar-refractivity contribution in [2.24, 2.45) is 5.41 Å². The lowest BCUT2D eigenvalue weighted by Gasteiger charge is -2.37. The lowest BCUT2D eigenvalue weighted by molar-refractivity contribution is -0.137. The number of ketones is 1. The fraction of sp³-hybridized carbons (Fsp3) is 0.533. The maximum atomic E-state index is 12.1. The lowest BCUT2D eigenvalue weighted by Crippen LogP contribution is -2.43. The smallest absolute Gasteiger partial charge is 0.141 e. The zero-order valence-electron chi connectivity index (χ0n) is 11.7. The second kappa shape index (κ2) is 4.26. The number of hydrogen-bond acceptors (Lipinski definition) is 2. The number of aryl methyl sites for hydroxylation is 1. The zero-order valence-corrected chi connectivity index (χ0v) is 10.7. The van der Waals surface area contributed by atoms with Crippen LogP contribution in [-0.4, -0.2) is 17.0 Å². The predicted molar refractivity (Wildman–Crippen MR) is 67.9 cm³/mol. The monoisotopic (exact) mass is 233 g/mol. The lowest BCUT2D eigenvalue weighted by atomic mass is 9.68. The third-order valence-corrected chi connectivity index (χ3v) is 3.83. The molecule has 0 aliphatic heterocycles. The van der Waals surface area contributed by atoms with E-state index < -0.39 is 17.4 Å². The summed E-state index contributed by atoms with van der Waals surface area (Å²) in [5.74, 6) is -1.02. The molecule has 1 saturated carbocycles. The molecule has 92 valence electrons. The zero-order chi connectivity index (χ0) is 13.6. The van der Waals surface area contributed by atoms with E-state index in [0.29, 0.717) is 6.42 Å². The van der Waals surface area contributed by atoms with Gasteiger partial charge in [-0.05, 0) is 24.8 Å². The Morgan fingerprint density at radius 3 is 2.47 bits per heavy atom. The summed E-state index contributed by atoms with van der Waals surface area (Å²) in [6.45, 7) is 5.51. The van der Waals surface area contributed by atoms with Crippen LogP contribution in [0.2, 0.25) is 0 Å². The van der Waals surface area contributed by atoms with Crippen LogP contribution in [-0.2, 0) is 4.79 Å². The van der Waals surface area contributed by atoms with Gasteiger partial charge in [0.1, 0.15) is 5.78 Å². The maximum absolute atomic E-state index is 12.1. The number of benzene rings is 1. The largest absolute Gasteiger partial charge is 0.392 e. The van der Waals surface area contributed by atoms with Gasteiger partial charge in [0.15, 0.2) is 0 Å². The number of aliphatic hydroxyl groups excluding tert-OH is 1. The number of rotatable bonds is 1. The Morgan fingerprint density at radius 1 is 1.35 bits per heavy atom. The molecule has 1 fully saturated rings. The highest BCUT2D eigenvalue weighted by Gasteiger charge is 2.42. The second-order valence-electron chi connectivity index (χ2n) is 5.51. The Balaban J connectivity index is 2.33. The van der Waals surface area contributed by atoms with E-state index in [0.717, 1.165) is 11.1 Å². The molecule has 1 aromatic carbocycles. The Hall–Kier alpha value is -1.15. The number of carbonyl (C=O) groups is 1. The van der Waals surface area contributed by atoms with Gasteiger partial charge in [0, 0.05) is 13.2 Å². The first kappa shape index (κ1) is 11.0. The normalized spacial score (nSPS) is 33.3. The van der Waals surface area contributed by atoms with E-state index in [2.05, 4.69) is 0 Å². The van der Waals surface area contributed by atoms with Crippen molar-refractivity contribution >= 4 is 5.78 Å². The van der Waals surface area contributed by atoms with Gasteiger partial charge in [-0.2, -0.15) is 0 Å². The van der Waals surface area contributed by atoms with E-state index in [4.69, 9.17) is 1.37 Å². The van der Waals surface area contributed by atoms with Crippen LogP contribution in [0.1, 0.15) is 45.1 Å². The Bertz CT molecular complexity index is 464. The van der Waals surface area contributed by atoms with Gasteiger partial charge in [0.25, 0.3) is 0 Å². The van der Waals surface area contributed by atoms with Crippen LogP contribution in [0.25, 0.3) is 0 Å². The van der Waals surface area contributed by atoms with Crippen molar-refractivity contribution in [2.45, 2.75) is 45.6 Å². The SMILES string of the molecule is [2H]C1(c2ccc(C)cc2)CC(=O)C(C)(C)C(O)C1. The molecule has 0 amide bonds. The highest BCUT2D eigenvalue weighted by molar-refractivity contribution is 5.86. The first-order chi connectivity index (χ1) is 8.25. The molecule has 0 bridgehead atoms. The van der Waals surface area contributed by atoms with Crippen LogP contribution in [0.15, 0.2) is 24.3 Å². The summed E-state index contributed by atoms with van der Waals surface area (Å²) in [4.78, 5) is 12.1. The predicted octanol–water partition coefficient (Wildman–Crippen LogP) is 2.83. The Labute approximate surface area is 104 Å². The number of carbonyl (C=O) groups excluding carboxylic acids is 1. The Kier molecular flexibility index (Phi) is 2.75. The third-order valence-electron chi connectivity index (χ3n) is 3.83. The Morgan fingerprint density at radius 2 is 1.94 bits per heavy atom. The minimum atomic E-state index is -0.986. The molecule has 0 saturated heterocycles. The van der Waals surface area contributed by atoms with Crippen LogP contribution < -0.4 is 0 Å². The number of aliphatic hydroxyl groups is 1. The molecular weight excluding hydrogens is 212 g/mol. The van der Waals surface area contributed by atoms with Crippen LogP contribution in [0, 0.1) is 12.3 Å². The topological polar surface area (TPSA) is 37.3 Å². The molecule has 17 heavy (non-hydrogen) atoms. The number of Topliss-reactive ketones (excluding diaryl/α,β-unsaturated/α-hetero) is 1. The highest BCUT2D eigenvalue weighted by Crippen LogP contribution is 2.40. The standard InChI is InChI=1S/C15H20O2/c1-10-4-6-11(7-5-10)12-8-13(16)15(2,3)14(17)9-12/h4-7,12-13,16H,8-9H2,1-3H3/i12D. The van der Waals surface area contributed by atoms with Gasteiger partial charge >= 0.3 is 0 Å². The molecule has 2 nitrogen and oxygen atoms in total. The van der Waals surface area contributed by atoms with Gasteiger partial charge in [-0.3, -0.25) is 4.79 Å². The molecule has 1 N–H and O–H groups in total. The summed E-state index contributed by atoms with van der Waals surface area (Å²) < 4.78 is 8.49. The van der Waals surface area contributed by atoms with Crippen LogP contribution in [0.4, 0.5) is 0 Å². The summed E-state index contributed by atoms with van der Waals surface area (Å²) in [6.07, 6.45) is -0.257. The molecular formula is C15H20O2. The molecule has 0 spiro atoms. The van der Waals surface area contributed by atoms with Gasteiger partial charge in [-0.15, -0.1) is 0 Å². The summed E-state index contributed by atoms with van der Waals surface area (Å²) in [7, 11) is 0. The molecule has 2 atom stereocenters. The molecule has 1 aromatic rings. The molecule has 1 aliphatic carbocycles. The second-order valence-corrected chi connectivity index (χ2v) is 5.51. The molecule has 0 aromatic heterocycles. The van der Waals surface area contributed by atoms with E-state index in [1.807, 2.05) is 31.2 Å². The average molecular weight is 233 g/mol. The van der Waals surface area contributed by atoms with Gasteiger partial charge in [0.05, 0.1) is 6.10 Å². The van der Waals surface area contributed by atoms with Crippen LogP contribution >= 0.6 is 0 Å². The first-order valence-electron chi connectivity index (χ1n) is 6.54. The van der Waals surface area contributed by atoms with Crippen LogP contribution in [0.5, 0.6) is 0 Å². The van der Waals surface area contributed by atoms with Crippen molar-refractivity contribution in [3.63, 3.8) is 0 Å². The number of hydrogen-bond donors (Lipinski definition) is 1. The van der Waals surface area contributed by atoms with E-state index in [-0.39, 0.29) is 12.2 Å². The average Bonchev–Trinajstić information content (AvgIpc) is 2.27. The maximum Gasteiger partial charge on any atom is 0.141 e. The van der Waals surface area contributed by atoms with Crippen molar-refractivity contribution in [3.05, 3.63) is 35.4 Å². The molecule has 2 unspecified atom stereocenters. The quantitative estimate of drug-likeness (QED) is 0.810. The molecule has 0 radical (unpaired) electrons. The van der Waals surface area contributed by atoms with Gasteiger partial charge < -0.3 is 5.11 Å². The molecule has 2 heteroatoms. The van der Waals surface area contributed by atoms with Crippen molar-refractivity contribution in [1.29, 1.82) is 0 Å². The van der Waals surface area contributed by atoms with E-state index >= 15 is 0 Å². The highest BCUT2D eigenvalue weighted by atomic mass is 16.3. The summed E-state index contributed by atoms with van der Waals surface area (Å²) in [5.41, 5.74) is 1.22. The van der Waals surface area contributed by atoms with Gasteiger partial charge in [0.2, 0.25) is 0 Å². The van der Waals surface area contributed by atoms with Gasteiger partial charge in [-0.1, -0.05) is 43.7 Å². The third kappa shape index (κ3) is 2.27. The van der Waals surface area contributed by atoms with Gasteiger partial charge in [-0.25, -0.2) is 0 Å². The molecule has 2 rings (SSSR count). The van der Waals surface area contributed by atoms with Crippen molar-refractivity contribution in [3.8, 4) is 0 Å². The van der Waals surface area contributed by atoms with Crippen LogP contribution in [0.3, 0.4) is 0 Å².